The lowest BCUT2D eigenvalue weighted by molar-refractivity contribution is -0.131. The standard InChI is InChI=1S/C20H22N4O5/c1-12(2)21-20(27)22-14-8-4-3-7-13(14)18(25)23-24-19(26)17-11-28-15-9-5-6-10-16(15)29-17/h3-10,12,17H,11H2,1-2H3,(H,23,25)(H,24,26)(H2,21,22,27). The molecule has 1 unspecified atom stereocenters. The minimum Gasteiger partial charge on any atom is -0.485 e. The fraction of sp³-hybridized carbons (Fsp3) is 0.250. The first-order chi connectivity index (χ1) is 13.9. The van der Waals surface area contributed by atoms with Crippen molar-refractivity contribution in [3.8, 4) is 11.5 Å². The Hall–Kier alpha value is -3.75. The third kappa shape index (κ3) is 5.16. The quantitative estimate of drug-likeness (QED) is 0.586. The molecule has 9 nitrogen and oxygen atoms in total. The number of ether oxygens (including phenoxy) is 2. The molecule has 0 saturated heterocycles. The van der Waals surface area contributed by atoms with Gasteiger partial charge in [-0.25, -0.2) is 4.79 Å². The smallest absolute Gasteiger partial charge is 0.319 e. The third-order valence-corrected chi connectivity index (χ3v) is 3.94. The van der Waals surface area contributed by atoms with E-state index in [0.717, 1.165) is 0 Å². The zero-order valence-corrected chi connectivity index (χ0v) is 16.0. The topological polar surface area (TPSA) is 118 Å². The predicted octanol–water partition coefficient (Wildman–Crippen LogP) is 1.82. The monoisotopic (exact) mass is 398 g/mol. The number of carbonyl (C=O) groups excluding carboxylic acids is 3. The number of nitrogens with one attached hydrogen (secondary N) is 4. The van der Waals surface area contributed by atoms with Crippen molar-refractivity contribution in [3.63, 3.8) is 0 Å². The number of rotatable bonds is 4. The number of anilines is 1. The molecule has 0 aliphatic carbocycles. The van der Waals surface area contributed by atoms with Crippen LogP contribution < -0.4 is 31.0 Å². The zero-order valence-electron chi connectivity index (χ0n) is 16.0. The van der Waals surface area contributed by atoms with Gasteiger partial charge in [0.25, 0.3) is 11.8 Å². The van der Waals surface area contributed by atoms with Gasteiger partial charge in [0, 0.05) is 6.04 Å². The van der Waals surface area contributed by atoms with Crippen LogP contribution in [0.2, 0.25) is 0 Å². The van der Waals surface area contributed by atoms with Crippen LogP contribution in [0.1, 0.15) is 24.2 Å². The highest BCUT2D eigenvalue weighted by Gasteiger charge is 2.27. The highest BCUT2D eigenvalue weighted by atomic mass is 16.6. The Kier molecular flexibility index (Phi) is 6.18. The van der Waals surface area contributed by atoms with Gasteiger partial charge in [0.15, 0.2) is 11.5 Å². The molecule has 1 atom stereocenters. The highest BCUT2D eigenvalue weighted by Crippen LogP contribution is 2.30. The second kappa shape index (κ2) is 8.96. The van der Waals surface area contributed by atoms with Crippen molar-refractivity contribution in [1.29, 1.82) is 0 Å². The minimum atomic E-state index is -0.907. The molecule has 4 N–H and O–H groups in total. The first-order valence-corrected chi connectivity index (χ1v) is 9.09. The van der Waals surface area contributed by atoms with Crippen LogP contribution in [0.4, 0.5) is 10.5 Å². The summed E-state index contributed by atoms with van der Waals surface area (Å²) in [5.74, 6) is -0.136. The second-order valence-corrected chi connectivity index (χ2v) is 6.61. The van der Waals surface area contributed by atoms with Crippen LogP contribution in [0.25, 0.3) is 0 Å². The van der Waals surface area contributed by atoms with Gasteiger partial charge in [-0.3, -0.25) is 20.4 Å². The lowest BCUT2D eigenvalue weighted by atomic mass is 10.1. The molecule has 0 fully saturated rings. The van der Waals surface area contributed by atoms with Gasteiger partial charge in [-0.1, -0.05) is 24.3 Å². The van der Waals surface area contributed by atoms with Crippen LogP contribution in [0.3, 0.4) is 0 Å². The Balaban J connectivity index is 1.58. The number of urea groups is 1. The number of hydrazine groups is 1. The van der Waals surface area contributed by atoms with E-state index < -0.39 is 23.9 Å². The Bertz CT molecular complexity index is 915. The van der Waals surface area contributed by atoms with Gasteiger partial charge in [0.1, 0.15) is 6.61 Å². The molecule has 2 aromatic rings. The Morgan fingerprint density at radius 3 is 2.41 bits per heavy atom. The summed E-state index contributed by atoms with van der Waals surface area (Å²) in [7, 11) is 0. The normalized spacial score (nSPS) is 14.7. The maximum atomic E-state index is 12.5. The van der Waals surface area contributed by atoms with E-state index in [-0.39, 0.29) is 18.2 Å². The highest BCUT2D eigenvalue weighted by molar-refractivity contribution is 6.04. The molecule has 9 heteroatoms. The van der Waals surface area contributed by atoms with Crippen molar-refractivity contribution >= 4 is 23.5 Å². The number of hydrogen-bond donors (Lipinski definition) is 4. The van der Waals surface area contributed by atoms with Gasteiger partial charge in [0.2, 0.25) is 6.10 Å². The number of amides is 4. The zero-order chi connectivity index (χ0) is 20.8. The summed E-state index contributed by atoms with van der Waals surface area (Å²) in [4.78, 5) is 36.7. The van der Waals surface area contributed by atoms with Crippen molar-refractivity contribution in [1.82, 2.24) is 16.2 Å². The Morgan fingerprint density at radius 2 is 1.66 bits per heavy atom. The van der Waals surface area contributed by atoms with E-state index >= 15 is 0 Å². The number of benzene rings is 2. The molecule has 1 heterocycles. The van der Waals surface area contributed by atoms with Crippen LogP contribution >= 0.6 is 0 Å². The SMILES string of the molecule is CC(C)NC(=O)Nc1ccccc1C(=O)NNC(=O)C1COc2ccccc2O1. The molecule has 1 aliphatic rings. The van der Waals surface area contributed by atoms with Crippen molar-refractivity contribution in [2.75, 3.05) is 11.9 Å². The average molecular weight is 398 g/mol. The van der Waals surface area contributed by atoms with Gasteiger partial charge < -0.3 is 20.1 Å². The molecule has 3 rings (SSSR count). The van der Waals surface area contributed by atoms with Crippen molar-refractivity contribution < 1.29 is 23.9 Å². The van der Waals surface area contributed by atoms with Gasteiger partial charge in [-0.15, -0.1) is 0 Å². The Morgan fingerprint density at radius 1 is 0.966 bits per heavy atom. The molecule has 0 radical (unpaired) electrons. The van der Waals surface area contributed by atoms with Gasteiger partial charge in [-0.2, -0.15) is 0 Å². The summed E-state index contributed by atoms with van der Waals surface area (Å²) in [6.07, 6.45) is -0.907. The minimum absolute atomic E-state index is 0.0201. The molecule has 0 saturated carbocycles. The van der Waals surface area contributed by atoms with Crippen molar-refractivity contribution in [3.05, 3.63) is 54.1 Å². The summed E-state index contributed by atoms with van der Waals surface area (Å²) in [5, 5.41) is 5.29. The summed E-state index contributed by atoms with van der Waals surface area (Å²) in [6.45, 7) is 3.67. The fourth-order valence-electron chi connectivity index (χ4n) is 2.63. The fourth-order valence-corrected chi connectivity index (χ4v) is 2.63. The van der Waals surface area contributed by atoms with E-state index in [9.17, 15) is 14.4 Å². The predicted molar refractivity (Wildman–Crippen MR) is 106 cm³/mol. The van der Waals surface area contributed by atoms with E-state index in [1.165, 1.54) is 6.07 Å². The number of para-hydroxylation sites is 3. The molecular weight excluding hydrogens is 376 g/mol. The largest absolute Gasteiger partial charge is 0.485 e. The maximum Gasteiger partial charge on any atom is 0.319 e. The molecule has 1 aliphatic heterocycles. The molecule has 2 aromatic carbocycles. The van der Waals surface area contributed by atoms with E-state index in [2.05, 4.69) is 21.5 Å². The van der Waals surface area contributed by atoms with Crippen LogP contribution in [-0.4, -0.2) is 36.6 Å². The lowest BCUT2D eigenvalue weighted by Crippen LogP contribution is -2.51. The number of hydrogen-bond acceptors (Lipinski definition) is 5. The van der Waals surface area contributed by atoms with Crippen LogP contribution in [-0.2, 0) is 4.79 Å². The van der Waals surface area contributed by atoms with Crippen LogP contribution in [0.5, 0.6) is 11.5 Å². The van der Waals surface area contributed by atoms with Crippen molar-refractivity contribution in [2.24, 2.45) is 0 Å². The van der Waals surface area contributed by atoms with Gasteiger partial charge >= 0.3 is 6.03 Å². The first kappa shape index (κ1) is 20.0. The molecule has 29 heavy (non-hydrogen) atoms. The summed E-state index contributed by atoms with van der Waals surface area (Å²) < 4.78 is 11.1. The second-order valence-electron chi connectivity index (χ2n) is 6.61. The van der Waals surface area contributed by atoms with Crippen LogP contribution in [0, 0.1) is 0 Å². The van der Waals surface area contributed by atoms with Gasteiger partial charge in [0.05, 0.1) is 11.3 Å². The average Bonchev–Trinajstić information content (AvgIpc) is 2.71. The molecule has 0 spiro atoms. The lowest BCUT2D eigenvalue weighted by Gasteiger charge is -2.25. The number of carbonyl (C=O) groups is 3. The van der Waals surface area contributed by atoms with Crippen LogP contribution in [0.15, 0.2) is 48.5 Å². The molecule has 152 valence electrons. The molecule has 0 aromatic heterocycles. The number of fused-ring (bicyclic) bond motifs is 1. The third-order valence-electron chi connectivity index (χ3n) is 3.94. The molecular formula is C20H22N4O5. The van der Waals surface area contributed by atoms with Crippen molar-refractivity contribution in [2.45, 2.75) is 26.0 Å². The maximum absolute atomic E-state index is 12.5. The van der Waals surface area contributed by atoms with E-state index in [4.69, 9.17) is 9.47 Å². The summed E-state index contributed by atoms with van der Waals surface area (Å²) >= 11 is 0. The summed E-state index contributed by atoms with van der Waals surface area (Å²) in [5.41, 5.74) is 5.15. The van der Waals surface area contributed by atoms with E-state index in [1.807, 2.05) is 13.8 Å². The first-order valence-electron chi connectivity index (χ1n) is 9.09. The molecule has 0 bridgehead atoms. The molecule has 4 amide bonds. The van der Waals surface area contributed by atoms with E-state index in [0.29, 0.717) is 17.2 Å². The van der Waals surface area contributed by atoms with E-state index in [1.54, 1.807) is 42.5 Å². The summed E-state index contributed by atoms with van der Waals surface area (Å²) in [6, 6.07) is 13.0. The van der Waals surface area contributed by atoms with Gasteiger partial charge in [-0.05, 0) is 38.1 Å². The Labute approximate surface area is 167 Å².